The summed E-state index contributed by atoms with van der Waals surface area (Å²) in [6.45, 7) is 24.8. The Morgan fingerprint density at radius 2 is 1.29 bits per heavy atom. The van der Waals surface area contributed by atoms with Gasteiger partial charge in [0.05, 0.1) is 0 Å². The zero-order chi connectivity index (χ0) is 24.8. The van der Waals surface area contributed by atoms with E-state index in [0.717, 1.165) is 33.4 Å². The average molecular weight is 443 g/mol. The predicted octanol–water partition coefficient (Wildman–Crippen LogP) is 10.2. The van der Waals surface area contributed by atoms with Gasteiger partial charge in [-0.3, -0.25) is 0 Å². The van der Waals surface area contributed by atoms with Crippen LogP contribution in [0.25, 0.3) is 46.2 Å². The van der Waals surface area contributed by atoms with Crippen LogP contribution in [0.15, 0.2) is 92.6 Å². The fourth-order valence-electron chi connectivity index (χ4n) is 4.72. The smallest absolute Gasteiger partial charge is 0.00964 e. The minimum absolute atomic E-state index is 1.11. The minimum atomic E-state index is 1.11. The van der Waals surface area contributed by atoms with Gasteiger partial charge in [-0.25, -0.2) is 0 Å². The highest BCUT2D eigenvalue weighted by Crippen LogP contribution is 2.37. The minimum Gasteiger partial charge on any atom is -0.0988 e. The van der Waals surface area contributed by atoms with E-state index in [1.165, 1.54) is 33.0 Å². The van der Waals surface area contributed by atoms with E-state index in [-0.39, 0.29) is 0 Å². The first-order valence-electron chi connectivity index (χ1n) is 11.6. The molecule has 0 unspecified atom stereocenters. The first-order valence-corrected chi connectivity index (χ1v) is 11.6. The zero-order valence-corrected chi connectivity index (χ0v) is 20.9. The lowest BCUT2D eigenvalue weighted by Gasteiger charge is -2.18. The van der Waals surface area contributed by atoms with Crippen LogP contribution in [-0.4, -0.2) is 0 Å². The van der Waals surface area contributed by atoms with Crippen LogP contribution < -0.4 is 0 Å². The quantitative estimate of drug-likeness (QED) is 0.240. The summed E-state index contributed by atoms with van der Waals surface area (Å²) in [4.78, 5) is 0. The lowest BCUT2D eigenvalue weighted by Crippen LogP contribution is -1.97. The molecule has 0 fully saturated rings. The molecular weight excluding hydrogens is 408 g/mol. The first kappa shape index (κ1) is 24.7. The monoisotopic (exact) mass is 442 g/mol. The topological polar surface area (TPSA) is 0 Å². The van der Waals surface area contributed by atoms with Gasteiger partial charge in [0.2, 0.25) is 0 Å². The molecule has 3 aromatic rings. The Labute approximate surface area is 205 Å². The number of hydrogen-bond acceptors (Lipinski definition) is 0. The maximum atomic E-state index is 4.17. The molecule has 0 atom stereocenters. The highest BCUT2D eigenvalue weighted by molar-refractivity contribution is 6.04. The van der Waals surface area contributed by atoms with E-state index < -0.39 is 0 Å². The Morgan fingerprint density at radius 3 is 1.82 bits per heavy atom. The molecule has 0 nitrogen and oxygen atoms in total. The second-order valence-corrected chi connectivity index (χ2v) is 8.42. The Hall–Kier alpha value is -3.90. The predicted molar refractivity (Wildman–Crippen MR) is 157 cm³/mol. The molecule has 3 rings (SSSR count). The van der Waals surface area contributed by atoms with Gasteiger partial charge < -0.3 is 0 Å². The van der Waals surface area contributed by atoms with Crippen LogP contribution in [0.3, 0.4) is 0 Å². The summed E-state index contributed by atoms with van der Waals surface area (Å²) >= 11 is 0. The van der Waals surface area contributed by atoms with E-state index in [9.17, 15) is 0 Å². The molecule has 0 heteroatoms. The highest BCUT2D eigenvalue weighted by atomic mass is 14.2. The van der Waals surface area contributed by atoms with Crippen molar-refractivity contribution in [3.63, 3.8) is 0 Å². The molecule has 34 heavy (non-hydrogen) atoms. The number of benzene rings is 3. The van der Waals surface area contributed by atoms with Gasteiger partial charge in [0.1, 0.15) is 0 Å². The van der Waals surface area contributed by atoms with E-state index in [2.05, 4.69) is 115 Å². The van der Waals surface area contributed by atoms with E-state index in [1.807, 2.05) is 24.3 Å². The number of allylic oxidation sites excluding steroid dienone is 6. The van der Waals surface area contributed by atoms with E-state index in [4.69, 9.17) is 0 Å². The second kappa shape index (κ2) is 10.8. The van der Waals surface area contributed by atoms with E-state index >= 15 is 0 Å². The molecule has 0 saturated carbocycles. The molecule has 0 aliphatic carbocycles. The van der Waals surface area contributed by atoms with Crippen molar-refractivity contribution in [2.24, 2.45) is 0 Å². The summed E-state index contributed by atoms with van der Waals surface area (Å²) in [6, 6.07) is 14.9. The van der Waals surface area contributed by atoms with Gasteiger partial charge in [-0.2, -0.15) is 0 Å². The lowest BCUT2D eigenvalue weighted by atomic mass is 9.86. The Morgan fingerprint density at radius 1 is 0.706 bits per heavy atom. The molecule has 0 aliphatic heterocycles. The van der Waals surface area contributed by atoms with E-state index in [1.54, 1.807) is 0 Å². The second-order valence-electron chi connectivity index (χ2n) is 8.42. The summed E-state index contributed by atoms with van der Waals surface area (Å²) < 4.78 is 0. The van der Waals surface area contributed by atoms with Crippen LogP contribution in [0.1, 0.15) is 59.7 Å². The van der Waals surface area contributed by atoms with Crippen molar-refractivity contribution in [2.75, 3.05) is 0 Å². The van der Waals surface area contributed by atoms with Gasteiger partial charge in [0, 0.05) is 0 Å². The van der Waals surface area contributed by atoms with Crippen LogP contribution >= 0.6 is 0 Å². The van der Waals surface area contributed by atoms with Crippen molar-refractivity contribution >= 4 is 46.2 Å². The Kier molecular flexibility index (Phi) is 7.87. The standard InChI is InChI=1S/C34H34/c1-9-17-31-27(12-4)32-18-14-15-19-33(32)28(13-5)34(31)22-24(7)29-20-16-21-30(25(29)8)26(11-3)23(6)10-2/h9-22H,2-5H2,1,6-8H3/b17-9-,24-22+,26-23+. The number of fused-ring (bicyclic) bond motifs is 1. The van der Waals surface area contributed by atoms with Crippen molar-refractivity contribution in [3.8, 4) is 0 Å². The number of rotatable bonds is 8. The average Bonchev–Trinajstić information content (AvgIpc) is 2.85. The maximum Gasteiger partial charge on any atom is -0.00964 e. The Balaban J connectivity index is 2.37. The summed E-state index contributed by atoms with van der Waals surface area (Å²) in [6.07, 6.45) is 14.3. The molecule has 3 aromatic carbocycles. The largest absolute Gasteiger partial charge is 0.0988 e. The van der Waals surface area contributed by atoms with Crippen LogP contribution in [0.2, 0.25) is 0 Å². The van der Waals surface area contributed by atoms with Crippen LogP contribution in [0, 0.1) is 6.92 Å². The fourth-order valence-corrected chi connectivity index (χ4v) is 4.72. The zero-order valence-electron chi connectivity index (χ0n) is 20.9. The van der Waals surface area contributed by atoms with Gasteiger partial charge >= 0.3 is 0 Å². The van der Waals surface area contributed by atoms with Gasteiger partial charge in [0.25, 0.3) is 0 Å². The molecule has 0 amide bonds. The van der Waals surface area contributed by atoms with E-state index in [0.29, 0.717) is 0 Å². The van der Waals surface area contributed by atoms with Gasteiger partial charge in [0.15, 0.2) is 0 Å². The first-order chi connectivity index (χ1) is 16.4. The molecule has 0 heterocycles. The SMILES string of the molecule is C=C/C(C)=C(\C=C)c1cccc(/C(C)=C/c2c(/C=C\C)c(C=C)c3ccccc3c2C=C)c1C. The van der Waals surface area contributed by atoms with Crippen LogP contribution in [0.5, 0.6) is 0 Å². The maximum absolute atomic E-state index is 4.17. The Bertz CT molecular complexity index is 1380. The summed E-state index contributed by atoms with van der Waals surface area (Å²) in [5, 5.41) is 2.37. The third-order valence-corrected chi connectivity index (χ3v) is 6.46. The lowest BCUT2D eigenvalue weighted by molar-refractivity contribution is 1.36. The molecule has 0 spiro atoms. The van der Waals surface area contributed by atoms with Crippen molar-refractivity contribution in [1.82, 2.24) is 0 Å². The fraction of sp³-hybridized carbons (Fsp3) is 0.118. The van der Waals surface area contributed by atoms with Crippen molar-refractivity contribution in [3.05, 3.63) is 132 Å². The highest BCUT2D eigenvalue weighted by Gasteiger charge is 2.15. The molecule has 0 bridgehead atoms. The molecule has 0 aliphatic rings. The third-order valence-electron chi connectivity index (χ3n) is 6.46. The molecule has 0 aromatic heterocycles. The molecule has 170 valence electrons. The van der Waals surface area contributed by atoms with Crippen molar-refractivity contribution in [2.45, 2.75) is 27.7 Å². The summed E-state index contributed by atoms with van der Waals surface area (Å²) in [7, 11) is 0. The molecule has 0 N–H and O–H groups in total. The van der Waals surface area contributed by atoms with Crippen molar-refractivity contribution < 1.29 is 0 Å². The van der Waals surface area contributed by atoms with Gasteiger partial charge in [-0.05, 0) is 94.1 Å². The normalized spacial score (nSPS) is 12.5. The summed E-state index contributed by atoms with van der Waals surface area (Å²) in [5.41, 5.74) is 11.6. The van der Waals surface area contributed by atoms with Gasteiger partial charge in [-0.1, -0.05) is 111 Å². The third kappa shape index (κ3) is 4.45. The van der Waals surface area contributed by atoms with Gasteiger partial charge in [-0.15, -0.1) is 0 Å². The van der Waals surface area contributed by atoms with Crippen molar-refractivity contribution in [1.29, 1.82) is 0 Å². The molecular formula is C34H34. The number of hydrogen-bond donors (Lipinski definition) is 0. The molecule has 0 saturated heterocycles. The van der Waals surface area contributed by atoms with Crippen LogP contribution in [-0.2, 0) is 0 Å². The molecule has 0 radical (unpaired) electrons. The van der Waals surface area contributed by atoms with Crippen LogP contribution in [0.4, 0.5) is 0 Å². The summed E-state index contributed by atoms with van der Waals surface area (Å²) in [5.74, 6) is 0.